The Bertz CT molecular complexity index is 970. The number of nitrogens with zero attached hydrogens (tertiary/aromatic N) is 4. The Morgan fingerprint density at radius 3 is 1.46 bits per heavy atom. The van der Waals surface area contributed by atoms with E-state index in [9.17, 15) is 21.0 Å². The molecule has 1 aliphatic rings. The molecule has 28 heavy (non-hydrogen) atoms. The first-order valence-electron chi connectivity index (χ1n) is 8.35. The SMILES string of the molecule is N#CC1(C#N)CC(C#N)(C#N)C(c2cccc(Cl)c2)NC1c1cccc(Cl)c1. The number of nitrogens with one attached hydrogen (secondary N) is 1. The van der Waals surface area contributed by atoms with Crippen molar-refractivity contribution in [3.05, 3.63) is 69.7 Å². The number of hydrogen-bond donors (Lipinski definition) is 1. The summed E-state index contributed by atoms with van der Waals surface area (Å²) in [6.45, 7) is 0. The van der Waals surface area contributed by atoms with Crippen LogP contribution in [0.15, 0.2) is 48.5 Å². The summed E-state index contributed by atoms with van der Waals surface area (Å²) in [5, 5.41) is 43.7. The fraction of sp³-hybridized carbons (Fsp3) is 0.238. The lowest BCUT2D eigenvalue weighted by atomic mass is 9.60. The van der Waals surface area contributed by atoms with Crippen LogP contribution in [0.4, 0.5) is 0 Å². The van der Waals surface area contributed by atoms with Crippen molar-refractivity contribution in [2.75, 3.05) is 0 Å². The van der Waals surface area contributed by atoms with E-state index < -0.39 is 22.9 Å². The van der Waals surface area contributed by atoms with Gasteiger partial charge in [0.2, 0.25) is 0 Å². The Morgan fingerprint density at radius 2 is 1.14 bits per heavy atom. The predicted octanol–water partition coefficient (Wildman–Crippen LogP) is 4.84. The summed E-state index contributed by atoms with van der Waals surface area (Å²) in [6.07, 6.45) is -0.235. The second-order valence-corrected chi connectivity index (χ2v) is 7.58. The van der Waals surface area contributed by atoms with E-state index >= 15 is 0 Å². The van der Waals surface area contributed by atoms with E-state index in [0.717, 1.165) is 0 Å². The Labute approximate surface area is 172 Å². The molecule has 2 aromatic carbocycles. The fourth-order valence-corrected chi connectivity index (χ4v) is 4.09. The van der Waals surface area contributed by atoms with E-state index in [4.69, 9.17) is 23.2 Å². The summed E-state index contributed by atoms with van der Waals surface area (Å²) >= 11 is 12.2. The molecular weight excluding hydrogens is 393 g/mol. The molecule has 0 bridgehead atoms. The quantitative estimate of drug-likeness (QED) is 0.768. The van der Waals surface area contributed by atoms with Gasteiger partial charge in [0.1, 0.15) is 0 Å². The minimum absolute atomic E-state index is 0.235. The van der Waals surface area contributed by atoms with Crippen molar-refractivity contribution >= 4 is 23.2 Å². The van der Waals surface area contributed by atoms with Crippen molar-refractivity contribution in [2.45, 2.75) is 18.5 Å². The third-order valence-electron chi connectivity index (χ3n) is 5.04. The molecule has 1 saturated heterocycles. The molecule has 0 amide bonds. The average Bonchev–Trinajstić information content (AvgIpc) is 2.72. The van der Waals surface area contributed by atoms with E-state index in [1.165, 1.54) is 0 Å². The highest BCUT2D eigenvalue weighted by molar-refractivity contribution is 6.30. The maximum absolute atomic E-state index is 9.88. The molecule has 7 heteroatoms. The predicted molar refractivity (Wildman–Crippen MR) is 103 cm³/mol. The molecule has 1 aliphatic heterocycles. The third-order valence-corrected chi connectivity index (χ3v) is 5.51. The second kappa shape index (κ2) is 7.52. The molecule has 3 rings (SSSR count). The molecule has 0 saturated carbocycles. The number of hydrogen-bond acceptors (Lipinski definition) is 5. The fourth-order valence-electron chi connectivity index (χ4n) is 3.70. The lowest BCUT2D eigenvalue weighted by molar-refractivity contribution is 0.136. The van der Waals surface area contributed by atoms with Gasteiger partial charge in [-0.25, -0.2) is 0 Å². The molecule has 2 unspecified atom stereocenters. The summed E-state index contributed by atoms with van der Waals surface area (Å²) in [6, 6.07) is 20.4. The summed E-state index contributed by atoms with van der Waals surface area (Å²) < 4.78 is 0. The molecule has 0 aliphatic carbocycles. The van der Waals surface area contributed by atoms with E-state index in [2.05, 4.69) is 5.32 Å². The summed E-state index contributed by atoms with van der Waals surface area (Å²) in [4.78, 5) is 0. The van der Waals surface area contributed by atoms with Crippen molar-refractivity contribution in [3.8, 4) is 24.3 Å². The zero-order valence-electron chi connectivity index (χ0n) is 14.5. The lowest BCUT2D eigenvalue weighted by Gasteiger charge is -2.45. The normalized spacial score (nSPS) is 22.1. The zero-order chi connectivity index (χ0) is 20.4. The molecule has 1 fully saturated rings. The van der Waals surface area contributed by atoms with Gasteiger partial charge < -0.3 is 0 Å². The largest absolute Gasteiger partial charge is 0.298 e. The smallest absolute Gasteiger partial charge is 0.165 e. The van der Waals surface area contributed by atoms with Crippen LogP contribution < -0.4 is 5.32 Å². The second-order valence-electron chi connectivity index (χ2n) is 6.71. The third kappa shape index (κ3) is 3.18. The summed E-state index contributed by atoms with van der Waals surface area (Å²) in [5.41, 5.74) is -1.98. The van der Waals surface area contributed by atoms with Crippen LogP contribution in [-0.2, 0) is 0 Å². The Kier molecular flexibility index (Phi) is 5.29. The number of piperidine rings is 1. The Balaban J connectivity index is 2.22. The van der Waals surface area contributed by atoms with Crippen molar-refractivity contribution < 1.29 is 0 Å². The van der Waals surface area contributed by atoms with Gasteiger partial charge in [-0.3, -0.25) is 5.32 Å². The van der Waals surface area contributed by atoms with Crippen LogP contribution in [0.1, 0.15) is 29.6 Å². The molecule has 1 N–H and O–H groups in total. The minimum atomic E-state index is -1.62. The summed E-state index contributed by atoms with van der Waals surface area (Å²) in [5.74, 6) is 0. The number of benzene rings is 2. The topological polar surface area (TPSA) is 107 Å². The summed E-state index contributed by atoms with van der Waals surface area (Å²) in [7, 11) is 0. The molecule has 0 spiro atoms. The van der Waals surface area contributed by atoms with Crippen molar-refractivity contribution in [3.63, 3.8) is 0 Å². The van der Waals surface area contributed by atoms with E-state index in [1.807, 2.05) is 24.3 Å². The van der Waals surface area contributed by atoms with Crippen LogP contribution >= 0.6 is 23.2 Å². The van der Waals surface area contributed by atoms with Gasteiger partial charge in [0, 0.05) is 16.5 Å². The van der Waals surface area contributed by atoms with Crippen molar-refractivity contribution in [1.29, 1.82) is 21.0 Å². The van der Waals surface area contributed by atoms with E-state index in [-0.39, 0.29) is 6.42 Å². The molecule has 0 radical (unpaired) electrons. The molecule has 0 aromatic heterocycles. The highest BCUT2D eigenvalue weighted by Gasteiger charge is 2.58. The first-order valence-corrected chi connectivity index (χ1v) is 9.11. The zero-order valence-corrected chi connectivity index (χ0v) is 16.0. The molecule has 5 nitrogen and oxygen atoms in total. The molecular formula is C21H13Cl2N5. The number of halogens is 2. The lowest BCUT2D eigenvalue weighted by Crippen LogP contribution is -2.52. The van der Waals surface area contributed by atoms with Crippen LogP contribution in [0.25, 0.3) is 0 Å². The van der Waals surface area contributed by atoms with Gasteiger partial charge in [0.25, 0.3) is 0 Å². The van der Waals surface area contributed by atoms with Crippen molar-refractivity contribution in [1.82, 2.24) is 5.32 Å². The number of nitriles is 4. The highest BCUT2D eigenvalue weighted by atomic mass is 35.5. The molecule has 136 valence electrons. The molecule has 2 atom stereocenters. The van der Waals surface area contributed by atoms with Gasteiger partial charge in [-0.1, -0.05) is 47.5 Å². The van der Waals surface area contributed by atoms with Crippen LogP contribution in [0.2, 0.25) is 10.0 Å². The average molecular weight is 406 g/mol. The maximum Gasteiger partial charge on any atom is 0.165 e. The Hall–Kier alpha value is -3.06. The van der Waals surface area contributed by atoms with Crippen LogP contribution in [0.3, 0.4) is 0 Å². The Morgan fingerprint density at radius 1 is 0.750 bits per heavy atom. The van der Waals surface area contributed by atoms with Crippen LogP contribution in [0.5, 0.6) is 0 Å². The maximum atomic E-state index is 9.88. The minimum Gasteiger partial charge on any atom is -0.298 e. The van der Waals surface area contributed by atoms with E-state index in [1.54, 1.807) is 48.5 Å². The standard InChI is InChI=1S/C21H13Cl2N5/c22-16-5-1-3-14(7-16)18-20(10-24,11-25)9-21(12-26,13-27)19(28-18)15-4-2-6-17(23)8-15/h1-8,18-19,28H,9H2. The van der Waals surface area contributed by atoms with Gasteiger partial charge in [-0.15, -0.1) is 0 Å². The number of rotatable bonds is 2. The first kappa shape index (κ1) is 19.7. The molecule has 2 aromatic rings. The first-order chi connectivity index (χ1) is 13.4. The van der Waals surface area contributed by atoms with Crippen LogP contribution in [0, 0.1) is 56.2 Å². The van der Waals surface area contributed by atoms with Gasteiger partial charge >= 0.3 is 0 Å². The van der Waals surface area contributed by atoms with Crippen molar-refractivity contribution in [2.24, 2.45) is 10.8 Å². The monoisotopic (exact) mass is 405 g/mol. The van der Waals surface area contributed by atoms with Gasteiger partial charge in [-0.2, -0.15) is 21.0 Å². The van der Waals surface area contributed by atoms with Gasteiger partial charge in [0.05, 0.1) is 36.4 Å². The van der Waals surface area contributed by atoms with E-state index in [0.29, 0.717) is 21.2 Å². The van der Waals surface area contributed by atoms with Crippen LogP contribution in [-0.4, -0.2) is 0 Å². The highest BCUT2D eigenvalue weighted by Crippen LogP contribution is 2.53. The molecule has 1 heterocycles. The van der Waals surface area contributed by atoms with Gasteiger partial charge in [0.15, 0.2) is 10.8 Å². The van der Waals surface area contributed by atoms with Gasteiger partial charge in [-0.05, 0) is 35.4 Å².